The highest BCUT2D eigenvalue weighted by Gasteiger charge is 2.23. The number of hydrogen-bond acceptors (Lipinski definition) is 4. The van der Waals surface area contributed by atoms with Crippen molar-refractivity contribution >= 4 is 11.9 Å². The van der Waals surface area contributed by atoms with Crippen LogP contribution < -0.4 is 16.4 Å². The molecule has 0 aliphatic heterocycles. The van der Waals surface area contributed by atoms with Gasteiger partial charge < -0.3 is 16.2 Å². The minimum atomic E-state index is -0.838. The van der Waals surface area contributed by atoms with Gasteiger partial charge in [0.15, 0.2) is 0 Å². The lowest BCUT2D eigenvalue weighted by atomic mass is 10.1. The van der Waals surface area contributed by atoms with Gasteiger partial charge in [0.05, 0.1) is 12.1 Å². The lowest BCUT2D eigenvalue weighted by Gasteiger charge is -2.15. The van der Waals surface area contributed by atoms with Crippen molar-refractivity contribution < 1.29 is 14.7 Å². The van der Waals surface area contributed by atoms with Crippen LogP contribution in [0.25, 0.3) is 0 Å². The third-order valence-corrected chi connectivity index (χ3v) is 2.87. The molecule has 1 rings (SSSR count). The number of urea groups is 1. The van der Waals surface area contributed by atoms with Crippen LogP contribution in [0, 0.1) is 5.92 Å². The molecule has 0 aromatic heterocycles. The molecule has 0 bridgehead atoms. The first-order valence-corrected chi connectivity index (χ1v) is 5.50. The maximum absolute atomic E-state index is 11.3. The number of imide groups is 1. The van der Waals surface area contributed by atoms with Gasteiger partial charge in [0.25, 0.3) is 0 Å². The molecule has 1 aliphatic rings. The van der Waals surface area contributed by atoms with Crippen molar-refractivity contribution in [2.75, 3.05) is 6.54 Å². The maximum atomic E-state index is 11.3. The third kappa shape index (κ3) is 4.16. The lowest BCUT2D eigenvalue weighted by molar-refractivity contribution is -0.121. The van der Waals surface area contributed by atoms with Crippen LogP contribution in [-0.4, -0.2) is 35.7 Å². The van der Waals surface area contributed by atoms with E-state index in [0.29, 0.717) is 12.5 Å². The van der Waals surface area contributed by atoms with Gasteiger partial charge in [-0.25, -0.2) is 4.79 Å². The summed E-state index contributed by atoms with van der Waals surface area (Å²) in [6, 6.07) is -1.29. The Morgan fingerprint density at radius 2 is 2.19 bits per heavy atom. The van der Waals surface area contributed by atoms with Crippen molar-refractivity contribution in [3.05, 3.63) is 0 Å². The second-order valence-electron chi connectivity index (χ2n) is 4.32. The summed E-state index contributed by atoms with van der Waals surface area (Å²) in [4.78, 5) is 21.7. The number of nitrogens with two attached hydrogens (primary N) is 1. The monoisotopic (exact) mass is 229 g/mol. The standard InChI is InChI=1S/C10H19N3O3/c1-6(9(15)13-10(11)16)12-5-7-2-3-8(14)4-7/h6-8,12,14H,2-5H2,1H3,(H3,11,13,15,16). The number of aliphatic hydroxyl groups excluding tert-OH is 1. The summed E-state index contributed by atoms with van der Waals surface area (Å²) in [5.41, 5.74) is 4.84. The fraction of sp³-hybridized carbons (Fsp3) is 0.800. The minimum absolute atomic E-state index is 0.207. The molecule has 16 heavy (non-hydrogen) atoms. The van der Waals surface area contributed by atoms with E-state index in [4.69, 9.17) is 5.73 Å². The van der Waals surface area contributed by atoms with Gasteiger partial charge in [-0.05, 0) is 38.6 Å². The molecule has 6 heteroatoms. The van der Waals surface area contributed by atoms with Gasteiger partial charge >= 0.3 is 6.03 Å². The zero-order valence-electron chi connectivity index (χ0n) is 9.40. The average Bonchev–Trinajstić information content (AvgIpc) is 2.59. The minimum Gasteiger partial charge on any atom is -0.393 e. The zero-order valence-corrected chi connectivity index (χ0v) is 9.40. The number of carbonyl (C=O) groups excluding carboxylic acids is 2. The summed E-state index contributed by atoms with van der Waals surface area (Å²) in [5.74, 6) is -0.0233. The van der Waals surface area contributed by atoms with Crippen molar-refractivity contribution in [2.24, 2.45) is 11.7 Å². The van der Waals surface area contributed by atoms with Crippen molar-refractivity contribution in [3.8, 4) is 0 Å². The Morgan fingerprint density at radius 3 is 2.69 bits per heavy atom. The molecular weight excluding hydrogens is 210 g/mol. The second kappa shape index (κ2) is 5.81. The smallest absolute Gasteiger partial charge is 0.318 e. The maximum Gasteiger partial charge on any atom is 0.318 e. The van der Waals surface area contributed by atoms with Crippen molar-refractivity contribution in [2.45, 2.75) is 38.3 Å². The molecule has 0 heterocycles. The van der Waals surface area contributed by atoms with E-state index < -0.39 is 18.0 Å². The van der Waals surface area contributed by atoms with Crippen LogP contribution in [-0.2, 0) is 4.79 Å². The van der Waals surface area contributed by atoms with E-state index in [0.717, 1.165) is 19.3 Å². The Kier molecular flexibility index (Phi) is 4.70. The molecule has 0 aromatic carbocycles. The topological polar surface area (TPSA) is 104 Å². The Labute approximate surface area is 94.6 Å². The van der Waals surface area contributed by atoms with E-state index in [1.165, 1.54) is 0 Å². The second-order valence-corrected chi connectivity index (χ2v) is 4.32. The Bertz CT molecular complexity index is 270. The van der Waals surface area contributed by atoms with Gasteiger partial charge in [0.1, 0.15) is 0 Å². The number of hydrogen-bond donors (Lipinski definition) is 4. The molecule has 1 aliphatic carbocycles. The van der Waals surface area contributed by atoms with Gasteiger partial charge in [-0.3, -0.25) is 10.1 Å². The third-order valence-electron chi connectivity index (χ3n) is 2.87. The van der Waals surface area contributed by atoms with Gasteiger partial charge in [0.2, 0.25) is 5.91 Å². The van der Waals surface area contributed by atoms with E-state index >= 15 is 0 Å². The predicted molar refractivity (Wildman–Crippen MR) is 58.5 cm³/mol. The molecule has 0 aromatic rings. The summed E-state index contributed by atoms with van der Waals surface area (Å²) in [6.45, 7) is 2.34. The summed E-state index contributed by atoms with van der Waals surface area (Å²) >= 11 is 0. The van der Waals surface area contributed by atoms with E-state index in [1.807, 2.05) is 5.32 Å². The summed E-state index contributed by atoms with van der Waals surface area (Å²) in [6.07, 6.45) is 2.37. The van der Waals surface area contributed by atoms with Crippen LogP contribution in [0.2, 0.25) is 0 Å². The fourth-order valence-electron chi connectivity index (χ4n) is 1.90. The lowest BCUT2D eigenvalue weighted by Crippen LogP contribution is -2.47. The summed E-state index contributed by atoms with van der Waals surface area (Å²) in [5, 5.41) is 14.4. The molecule has 3 amide bonds. The SMILES string of the molecule is CC(NCC1CCC(O)C1)C(=O)NC(N)=O. The molecular formula is C10H19N3O3. The molecule has 1 saturated carbocycles. The molecule has 1 fully saturated rings. The summed E-state index contributed by atoms with van der Waals surface area (Å²) in [7, 11) is 0. The average molecular weight is 229 g/mol. The van der Waals surface area contributed by atoms with Crippen LogP contribution in [0.3, 0.4) is 0 Å². The number of aliphatic hydroxyl groups is 1. The van der Waals surface area contributed by atoms with E-state index in [9.17, 15) is 14.7 Å². The highest BCUT2D eigenvalue weighted by molar-refractivity contribution is 5.96. The van der Waals surface area contributed by atoms with Crippen molar-refractivity contribution in [1.29, 1.82) is 0 Å². The molecule has 0 spiro atoms. The molecule has 3 atom stereocenters. The molecule has 5 N–H and O–H groups in total. The Morgan fingerprint density at radius 1 is 1.50 bits per heavy atom. The molecule has 0 radical (unpaired) electrons. The number of primary amides is 1. The van der Waals surface area contributed by atoms with Gasteiger partial charge in [0, 0.05) is 0 Å². The van der Waals surface area contributed by atoms with Crippen molar-refractivity contribution in [1.82, 2.24) is 10.6 Å². The zero-order chi connectivity index (χ0) is 12.1. The first kappa shape index (κ1) is 12.9. The van der Waals surface area contributed by atoms with Gasteiger partial charge in [-0.15, -0.1) is 0 Å². The van der Waals surface area contributed by atoms with Crippen LogP contribution in [0.5, 0.6) is 0 Å². The van der Waals surface area contributed by atoms with Crippen molar-refractivity contribution in [3.63, 3.8) is 0 Å². The molecule has 6 nitrogen and oxygen atoms in total. The normalized spacial score (nSPS) is 26.4. The summed E-state index contributed by atoms with van der Waals surface area (Å²) < 4.78 is 0. The highest BCUT2D eigenvalue weighted by Crippen LogP contribution is 2.24. The number of nitrogens with one attached hydrogen (secondary N) is 2. The van der Waals surface area contributed by atoms with Crippen LogP contribution >= 0.6 is 0 Å². The number of amides is 3. The predicted octanol–water partition coefficient (Wildman–Crippen LogP) is -0.680. The van der Waals surface area contributed by atoms with Crippen LogP contribution in [0.4, 0.5) is 4.79 Å². The first-order valence-electron chi connectivity index (χ1n) is 5.50. The molecule has 92 valence electrons. The number of rotatable bonds is 4. The van der Waals surface area contributed by atoms with E-state index in [1.54, 1.807) is 6.92 Å². The highest BCUT2D eigenvalue weighted by atomic mass is 16.3. The molecule has 0 saturated heterocycles. The quantitative estimate of drug-likeness (QED) is 0.512. The van der Waals surface area contributed by atoms with Gasteiger partial charge in [-0.2, -0.15) is 0 Å². The Hall–Kier alpha value is -1.14. The van der Waals surface area contributed by atoms with Crippen LogP contribution in [0.15, 0.2) is 0 Å². The van der Waals surface area contributed by atoms with Crippen LogP contribution in [0.1, 0.15) is 26.2 Å². The first-order chi connectivity index (χ1) is 7.49. The Balaban J connectivity index is 2.21. The number of carbonyl (C=O) groups is 2. The van der Waals surface area contributed by atoms with Gasteiger partial charge in [-0.1, -0.05) is 0 Å². The molecule has 3 unspecified atom stereocenters. The van der Waals surface area contributed by atoms with E-state index in [2.05, 4.69) is 5.32 Å². The largest absolute Gasteiger partial charge is 0.393 e. The fourth-order valence-corrected chi connectivity index (χ4v) is 1.90. The van der Waals surface area contributed by atoms with E-state index in [-0.39, 0.29) is 6.10 Å².